The number of nitrogens with zero attached hydrogens (tertiary/aromatic N) is 2. The standard InChI is InChI=1S/C13H13N3O2S/c1-2-10(9-14)19(17,18)16-13-7-3-6-12-11(13)5-4-8-15-12/h3-8,10,16H,2H2,1H3. The van der Waals surface area contributed by atoms with E-state index in [0.717, 1.165) is 0 Å². The van der Waals surface area contributed by atoms with Crippen molar-refractivity contribution in [3.63, 3.8) is 0 Å². The van der Waals surface area contributed by atoms with Crippen LogP contribution in [0.3, 0.4) is 0 Å². The molecule has 0 aliphatic heterocycles. The fourth-order valence-corrected chi connectivity index (χ4v) is 3.00. The molecule has 5 nitrogen and oxygen atoms in total. The summed E-state index contributed by atoms with van der Waals surface area (Å²) < 4.78 is 26.6. The van der Waals surface area contributed by atoms with Crippen LogP contribution in [0, 0.1) is 11.3 Å². The van der Waals surface area contributed by atoms with Crippen LogP contribution in [0.25, 0.3) is 10.9 Å². The van der Waals surface area contributed by atoms with Crippen LogP contribution in [-0.4, -0.2) is 18.7 Å². The summed E-state index contributed by atoms with van der Waals surface area (Å²) in [6.45, 7) is 1.66. The van der Waals surface area contributed by atoms with Gasteiger partial charge < -0.3 is 0 Å². The Bertz CT molecular complexity index is 730. The molecule has 1 N–H and O–H groups in total. The first-order valence-corrected chi connectivity index (χ1v) is 7.38. The molecule has 0 spiro atoms. The number of pyridine rings is 1. The normalized spacial score (nSPS) is 12.8. The van der Waals surface area contributed by atoms with Crippen LogP contribution in [0.4, 0.5) is 5.69 Å². The van der Waals surface area contributed by atoms with Crippen molar-refractivity contribution in [2.45, 2.75) is 18.6 Å². The summed E-state index contributed by atoms with van der Waals surface area (Å²) in [6, 6.07) is 10.5. The Hall–Kier alpha value is -2.13. The van der Waals surface area contributed by atoms with E-state index in [0.29, 0.717) is 16.6 Å². The van der Waals surface area contributed by atoms with Crippen LogP contribution >= 0.6 is 0 Å². The fourth-order valence-electron chi connectivity index (χ4n) is 1.80. The summed E-state index contributed by atoms with van der Waals surface area (Å²) in [6.07, 6.45) is 1.89. The van der Waals surface area contributed by atoms with Gasteiger partial charge in [0.2, 0.25) is 10.0 Å². The zero-order chi connectivity index (χ0) is 13.9. The molecule has 1 unspecified atom stereocenters. The molecule has 0 saturated heterocycles. The van der Waals surface area contributed by atoms with E-state index in [-0.39, 0.29) is 6.42 Å². The van der Waals surface area contributed by atoms with Crippen molar-refractivity contribution in [3.8, 4) is 6.07 Å². The molecule has 0 radical (unpaired) electrons. The highest BCUT2D eigenvalue weighted by molar-refractivity contribution is 7.93. The van der Waals surface area contributed by atoms with Crippen molar-refractivity contribution in [1.29, 1.82) is 5.26 Å². The molecule has 0 bridgehead atoms. The maximum absolute atomic E-state index is 12.1. The van der Waals surface area contributed by atoms with E-state index in [1.54, 1.807) is 49.5 Å². The van der Waals surface area contributed by atoms with Gasteiger partial charge in [0.15, 0.2) is 5.25 Å². The van der Waals surface area contributed by atoms with E-state index in [1.165, 1.54) is 0 Å². The van der Waals surface area contributed by atoms with Crippen molar-refractivity contribution < 1.29 is 8.42 Å². The average Bonchev–Trinajstić information content (AvgIpc) is 2.40. The third-order valence-electron chi connectivity index (χ3n) is 2.79. The summed E-state index contributed by atoms with van der Waals surface area (Å²) in [5.41, 5.74) is 1.15. The number of nitriles is 1. The van der Waals surface area contributed by atoms with Gasteiger partial charge in [0.1, 0.15) is 0 Å². The smallest absolute Gasteiger partial charge is 0.249 e. The minimum absolute atomic E-state index is 0.245. The Morgan fingerprint density at radius 2 is 2.16 bits per heavy atom. The van der Waals surface area contributed by atoms with Gasteiger partial charge in [-0.05, 0) is 30.7 Å². The van der Waals surface area contributed by atoms with Crippen molar-refractivity contribution in [2.24, 2.45) is 0 Å². The molecule has 2 aromatic rings. The largest absolute Gasteiger partial charge is 0.282 e. The highest BCUT2D eigenvalue weighted by atomic mass is 32.2. The van der Waals surface area contributed by atoms with Gasteiger partial charge in [0.25, 0.3) is 0 Å². The van der Waals surface area contributed by atoms with E-state index in [2.05, 4.69) is 9.71 Å². The maximum atomic E-state index is 12.1. The highest BCUT2D eigenvalue weighted by Gasteiger charge is 2.23. The zero-order valence-corrected chi connectivity index (χ0v) is 11.2. The monoisotopic (exact) mass is 275 g/mol. The lowest BCUT2D eigenvalue weighted by atomic mass is 10.2. The first-order chi connectivity index (χ1) is 9.08. The van der Waals surface area contributed by atoms with Crippen LogP contribution in [0.2, 0.25) is 0 Å². The second-order valence-corrected chi connectivity index (χ2v) is 5.91. The molecule has 0 fully saturated rings. The lowest BCUT2D eigenvalue weighted by molar-refractivity contribution is 0.593. The highest BCUT2D eigenvalue weighted by Crippen LogP contribution is 2.23. The van der Waals surface area contributed by atoms with Crippen molar-refractivity contribution in [1.82, 2.24) is 4.98 Å². The molecule has 1 atom stereocenters. The molecule has 1 heterocycles. The molecule has 98 valence electrons. The van der Waals surface area contributed by atoms with Crippen LogP contribution in [-0.2, 0) is 10.0 Å². The first kappa shape index (κ1) is 13.3. The molecule has 2 rings (SSSR count). The Morgan fingerprint density at radius 3 is 2.84 bits per heavy atom. The number of nitrogens with one attached hydrogen (secondary N) is 1. The summed E-state index contributed by atoms with van der Waals surface area (Å²) in [5, 5.41) is 8.52. The molecule has 0 aliphatic carbocycles. The van der Waals surface area contributed by atoms with Crippen LogP contribution in [0.5, 0.6) is 0 Å². The van der Waals surface area contributed by atoms with E-state index in [1.807, 2.05) is 0 Å². The summed E-state index contributed by atoms with van der Waals surface area (Å²) in [5.74, 6) is 0. The minimum atomic E-state index is -3.71. The minimum Gasteiger partial charge on any atom is -0.282 e. The number of benzene rings is 1. The SMILES string of the molecule is CCC(C#N)S(=O)(=O)Nc1cccc2ncccc12. The Morgan fingerprint density at radius 1 is 1.37 bits per heavy atom. The predicted molar refractivity (Wildman–Crippen MR) is 74.0 cm³/mol. The maximum Gasteiger partial charge on any atom is 0.249 e. The summed E-state index contributed by atoms with van der Waals surface area (Å²) >= 11 is 0. The van der Waals surface area contributed by atoms with E-state index in [9.17, 15) is 8.42 Å². The molecular formula is C13H13N3O2S. The molecular weight excluding hydrogens is 262 g/mol. The number of anilines is 1. The Kier molecular flexibility index (Phi) is 3.67. The lowest BCUT2D eigenvalue weighted by Gasteiger charge is -2.12. The van der Waals surface area contributed by atoms with E-state index >= 15 is 0 Å². The van der Waals surface area contributed by atoms with Gasteiger partial charge in [0.05, 0.1) is 17.3 Å². The first-order valence-electron chi connectivity index (χ1n) is 5.83. The zero-order valence-electron chi connectivity index (χ0n) is 10.4. The van der Waals surface area contributed by atoms with Crippen LogP contribution in [0.1, 0.15) is 13.3 Å². The van der Waals surface area contributed by atoms with Crippen LogP contribution in [0.15, 0.2) is 36.5 Å². The number of rotatable bonds is 4. The molecule has 0 saturated carbocycles. The number of hydrogen-bond donors (Lipinski definition) is 1. The van der Waals surface area contributed by atoms with Gasteiger partial charge in [-0.15, -0.1) is 0 Å². The number of fused-ring (bicyclic) bond motifs is 1. The second kappa shape index (κ2) is 5.24. The Balaban J connectivity index is 2.45. The molecule has 6 heteroatoms. The van der Waals surface area contributed by atoms with Gasteiger partial charge in [-0.25, -0.2) is 8.42 Å². The van der Waals surface area contributed by atoms with Gasteiger partial charge >= 0.3 is 0 Å². The molecule has 0 aliphatic rings. The van der Waals surface area contributed by atoms with Gasteiger partial charge in [-0.3, -0.25) is 9.71 Å². The topological polar surface area (TPSA) is 82.8 Å². The lowest BCUT2D eigenvalue weighted by Crippen LogP contribution is -2.26. The summed E-state index contributed by atoms with van der Waals surface area (Å²) in [4.78, 5) is 4.16. The van der Waals surface area contributed by atoms with Gasteiger partial charge in [0, 0.05) is 11.6 Å². The quantitative estimate of drug-likeness (QED) is 0.927. The van der Waals surface area contributed by atoms with Gasteiger partial charge in [-0.2, -0.15) is 5.26 Å². The second-order valence-electron chi connectivity index (χ2n) is 4.05. The molecule has 19 heavy (non-hydrogen) atoms. The number of sulfonamides is 1. The third kappa shape index (κ3) is 2.66. The molecule has 0 amide bonds. The van der Waals surface area contributed by atoms with E-state index < -0.39 is 15.3 Å². The van der Waals surface area contributed by atoms with E-state index in [4.69, 9.17) is 5.26 Å². The number of hydrogen-bond acceptors (Lipinski definition) is 4. The summed E-state index contributed by atoms with van der Waals surface area (Å²) in [7, 11) is -3.71. The molecule has 1 aromatic carbocycles. The number of aromatic nitrogens is 1. The average molecular weight is 275 g/mol. The van der Waals surface area contributed by atoms with Crippen molar-refractivity contribution in [3.05, 3.63) is 36.5 Å². The Labute approximate surface area is 111 Å². The van der Waals surface area contributed by atoms with Crippen molar-refractivity contribution in [2.75, 3.05) is 4.72 Å². The third-order valence-corrected chi connectivity index (χ3v) is 4.48. The predicted octanol–water partition coefficient (Wildman–Crippen LogP) is 2.28. The molecule has 1 aromatic heterocycles. The fraction of sp³-hybridized carbons (Fsp3) is 0.231. The van der Waals surface area contributed by atoms with Crippen LogP contribution < -0.4 is 4.72 Å². The van der Waals surface area contributed by atoms with Gasteiger partial charge in [-0.1, -0.05) is 13.0 Å². The van der Waals surface area contributed by atoms with Crippen molar-refractivity contribution >= 4 is 26.6 Å².